The van der Waals surface area contributed by atoms with Gasteiger partial charge >= 0.3 is 0 Å². The number of aliphatic hydroxyl groups excluding tert-OH is 1. The van der Waals surface area contributed by atoms with Gasteiger partial charge in [-0.25, -0.2) is 19.3 Å². The minimum absolute atomic E-state index is 0.313. The topological polar surface area (TPSA) is 70.9 Å². The zero-order valence-corrected chi connectivity index (χ0v) is 13.0. The van der Waals surface area contributed by atoms with E-state index in [4.69, 9.17) is 0 Å². The van der Waals surface area contributed by atoms with E-state index in [0.717, 1.165) is 10.7 Å². The van der Waals surface area contributed by atoms with Crippen molar-refractivity contribution >= 4 is 11.3 Å². The highest BCUT2D eigenvalue weighted by Crippen LogP contribution is 2.19. The lowest BCUT2D eigenvalue weighted by atomic mass is 10.1. The molecule has 2 N–H and O–H groups in total. The van der Waals surface area contributed by atoms with Gasteiger partial charge in [0.25, 0.3) is 0 Å². The van der Waals surface area contributed by atoms with Gasteiger partial charge in [0, 0.05) is 30.9 Å². The summed E-state index contributed by atoms with van der Waals surface area (Å²) in [7, 11) is 0. The molecular formula is C16H15FN4OS. The fraction of sp³-hybridized carbons (Fsp3) is 0.188. The van der Waals surface area contributed by atoms with Gasteiger partial charge in [-0.15, -0.1) is 11.3 Å². The molecule has 7 heteroatoms. The summed E-state index contributed by atoms with van der Waals surface area (Å²) in [6.07, 6.45) is 2.67. The summed E-state index contributed by atoms with van der Waals surface area (Å²) in [6.45, 7) is 0.891. The number of hydrogen-bond acceptors (Lipinski definition) is 6. The number of aliphatic hydroxyl groups is 1. The molecule has 1 aromatic carbocycles. The molecule has 23 heavy (non-hydrogen) atoms. The van der Waals surface area contributed by atoms with Crippen molar-refractivity contribution in [1.29, 1.82) is 0 Å². The molecule has 0 saturated carbocycles. The Morgan fingerprint density at radius 1 is 1.17 bits per heavy atom. The second-order valence-corrected chi connectivity index (χ2v) is 5.77. The Morgan fingerprint density at radius 3 is 2.65 bits per heavy atom. The van der Waals surface area contributed by atoms with Crippen molar-refractivity contribution in [3.8, 4) is 10.8 Å². The van der Waals surface area contributed by atoms with Crippen LogP contribution in [0, 0.1) is 5.82 Å². The maximum Gasteiger partial charge on any atom is 0.188 e. The molecular weight excluding hydrogens is 315 g/mol. The first-order valence-electron chi connectivity index (χ1n) is 7.08. The Kier molecular flexibility index (Phi) is 5.02. The number of rotatable bonds is 6. The molecule has 0 bridgehead atoms. The lowest BCUT2D eigenvalue weighted by molar-refractivity contribution is 0.174. The molecule has 118 valence electrons. The van der Waals surface area contributed by atoms with Crippen molar-refractivity contribution in [1.82, 2.24) is 20.3 Å². The molecule has 0 radical (unpaired) electrons. The predicted molar refractivity (Wildman–Crippen MR) is 86.2 cm³/mol. The quantitative estimate of drug-likeness (QED) is 0.727. The van der Waals surface area contributed by atoms with Crippen LogP contribution in [0.15, 0.2) is 48.1 Å². The number of thiazole rings is 1. The molecule has 0 amide bonds. The highest BCUT2D eigenvalue weighted by molar-refractivity contribution is 7.13. The SMILES string of the molecule is O[C@@H](CNCc1csc(-c2ncccn2)n1)c1ccc(F)cc1. The van der Waals surface area contributed by atoms with Crippen molar-refractivity contribution in [2.75, 3.05) is 6.54 Å². The van der Waals surface area contributed by atoms with Crippen LogP contribution in [0.2, 0.25) is 0 Å². The highest BCUT2D eigenvalue weighted by atomic mass is 32.1. The minimum Gasteiger partial charge on any atom is -0.387 e. The fourth-order valence-corrected chi connectivity index (χ4v) is 2.80. The molecule has 5 nitrogen and oxygen atoms in total. The first-order chi connectivity index (χ1) is 11.2. The van der Waals surface area contributed by atoms with Crippen molar-refractivity contribution in [3.05, 3.63) is 65.2 Å². The monoisotopic (exact) mass is 330 g/mol. The van der Waals surface area contributed by atoms with E-state index in [-0.39, 0.29) is 5.82 Å². The van der Waals surface area contributed by atoms with E-state index in [1.807, 2.05) is 5.38 Å². The van der Waals surface area contributed by atoms with Gasteiger partial charge in [-0.2, -0.15) is 0 Å². The first kappa shape index (κ1) is 15.7. The number of benzene rings is 1. The summed E-state index contributed by atoms with van der Waals surface area (Å²) in [5.74, 6) is 0.294. The summed E-state index contributed by atoms with van der Waals surface area (Å²) < 4.78 is 12.9. The van der Waals surface area contributed by atoms with Crippen LogP contribution in [0.4, 0.5) is 4.39 Å². The maximum atomic E-state index is 12.9. The van der Waals surface area contributed by atoms with Crippen molar-refractivity contribution in [2.24, 2.45) is 0 Å². The van der Waals surface area contributed by atoms with Crippen molar-refractivity contribution in [3.63, 3.8) is 0 Å². The Morgan fingerprint density at radius 2 is 1.91 bits per heavy atom. The zero-order valence-electron chi connectivity index (χ0n) is 12.2. The molecule has 0 spiro atoms. The number of nitrogens with one attached hydrogen (secondary N) is 1. The van der Waals surface area contributed by atoms with Gasteiger partial charge in [-0.3, -0.25) is 0 Å². The third-order valence-electron chi connectivity index (χ3n) is 3.21. The van der Waals surface area contributed by atoms with Gasteiger partial charge in [0.2, 0.25) is 0 Å². The average molecular weight is 330 g/mol. The van der Waals surface area contributed by atoms with Gasteiger partial charge in [-0.1, -0.05) is 12.1 Å². The molecule has 2 heterocycles. The highest BCUT2D eigenvalue weighted by Gasteiger charge is 2.09. The molecule has 3 rings (SSSR count). The van der Waals surface area contributed by atoms with Crippen LogP contribution < -0.4 is 5.32 Å². The van der Waals surface area contributed by atoms with E-state index in [2.05, 4.69) is 20.3 Å². The third kappa shape index (κ3) is 4.16. The van der Waals surface area contributed by atoms with Gasteiger partial charge < -0.3 is 10.4 Å². The number of aromatic nitrogens is 3. The lowest BCUT2D eigenvalue weighted by Gasteiger charge is -2.11. The largest absolute Gasteiger partial charge is 0.387 e. The molecule has 0 aliphatic heterocycles. The fourth-order valence-electron chi connectivity index (χ4n) is 2.04. The maximum absolute atomic E-state index is 12.9. The molecule has 0 aliphatic rings. The van der Waals surface area contributed by atoms with E-state index in [1.54, 1.807) is 30.6 Å². The average Bonchev–Trinajstić information content (AvgIpc) is 3.05. The van der Waals surface area contributed by atoms with E-state index in [0.29, 0.717) is 24.5 Å². The standard InChI is InChI=1S/C16H15FN4OS/c17-12-4-2-11(3-5-12)14(22)9-18-8-13-10-23-16(21-13)15-19-6-1-7-20-15/h1-7,10,14,18,22H,8-9H2/t14-/m0/s1. The summed E-state index contributed by atoms with van der Waals surface area (Å²) in [6, 6.07) is 7.59. The Hall–Kier alpha value is -2.22. The molecule has 0 unspecified atom stereocenters. The molecule has 0 saturated heterocycles. The third-order valence-corrected chi connectivity index (χ3v) is 4.09. The van der Waals surface area contributed by atoms with Gasteiger partial charge in [0.1, 0.15) is 5.82 Å². The second kappa shape index (κ2) is 7.36. The normalized spacial score (nSPS) is 12.3. The Bertz CT molecular complexity index is 748. The molecule has 3 aromatic rings. The van der Waals surface area contributed by atoms with Gasteiger partial charge in [0.05, 0.1) is 11.8 Å². The Balaban J connectivity index is 1.53. The molecule has 0 fully saturated rings. The van der Waals surface area contributed by atoms with Crippen LogP contribution in [0.1, 0.15) is 17.4 Å². The van der Waals surface area contributed by atoms with E-state index >= 15 is 0 Å². The second-order valence-electron chi connectivity index (χ2n) is 4.91. The van der Waals surface area contributed by atoms with Crippen LogP contribution >= 0.6 is 11.3 Å². The van der Waals surface area contributed by atoms with Gasteiger partial charge in [0.15, 0.2) is 10.8 Å². The number of nitrogens with zero attached hydrogens (tertiary/aromatic N) is 3. The van der Waals surface area contributed by atoms with Crippen molar-refractivity contribution in [2.45, 2.75) is 12.6 Å². The minimum atomic E-state index is -0.689. The van der Waals surface area contributed by atoms with Crippen LogP contribution in [-0.4, -0.2) is 26.6 Å². The van der Waals surface area contributed by atoms with Crippen molar-refractivity contribution < 1.29 is 9.50 Å². The van der Waals surface area contributed by atoms with E-state index in [1.165, 1.54) is 23.5 Å². The first-order valence-corrected chi connectivity index (χ1v) is 7.96. The van der Waals surface area contributed by atoms with E-state index in [9.17, 15) is 9.50 Å². The van der Waals surface area contributed by atoms with Gasteiger partial charge in [-0.05, 0) is 23.8 Å². The smallest absolute Gasteiger partial charge is 0.188 e. The summed E-state index contributed by atoms with van der Waals surface area (Å²) in [5.41, 5.74) is 1.54. The van der Waals surface area contributed by atoms with Crippen LogP contribution in [-0.2, 0) is 6.54 Å². The van der Waals surface area contributed by atoms with Crippen LogP contribution in [0.3, 0.4) is 0 Å². The molecule has 0 aliphatic carbocycles. The molecule has 2 aromatic heterocycles. The predicted octanol–water partition coefficient (Wildman–Crippen LogP) is 2.56. The molecule has 1 atom stereocenters. The number of hydrogen-bond donors (Lipinski definition) is 2. The van der Waals surface area contributed by atoms with Crippen LogP contribution in [0.25, 0.3) is 10.8 Å². The lowest BCUT2D eigenvalue weighted by Crippen LogP contribution is -2.21. The summed E-state index contributed by atoms with van der Waals surface area (Å²) in [5, 5.41) is 15.9. The number of halogens is 1. The zero-order chi connectivity index (χ0) is 16.1. The van der Waals surface area contributed by atoms with E-state index < -0.39 is 6.10 Å². The summed E-state index contributed by atoms with van der Waals surface area (Å²) >= 11 is 1.48. The van der Waals surface area contributed by atoms with Crippen LogP contribution in [0.5, 0.6) is 0 Å². The Labute approximate surface area is 136 Å². The summed E-state index contributed by atoms with van der Waals surface area (Å²) in [4.78, 5) is 12.8.